The molecule has 1 aromatic carbocycles. The van der Waals surface area contributed by atoms with Crippen molar-refractivity contribution in [3.63, 3.8) is 0 Å². The summed E-state index contributed by atoms with van der Waals surface area (Å²) in [6.45, 7) is 6.49. The van der Waals surface area contributed by atoms with Crippen molar-refractivity contribution < 1.29 is 4.21 Å². The lowest BCUT2D eigenvalue weighted by Crippen LogP contribution is -2.33. The standard InChI is InChI=1S/C13H19NOS/c1-13(2,3)16(15)14-11-7-10-12-8-5-4-6-9-12/h4-10,14H,11H2,1-3H3/b10-7+/t16-/m0/s1. The summed E-state index contributed by atoms with van der Waals surface area (Å²) >= 11 is 0. The second-order valence-corrected chi connectivity index (χ2v) is 6.59. The number of hydrogen-bond acceptors (Lipinski definition) is 1. The first-order valence-electron chi connectivity index (χ1n) is 5.37. The first kappa shape index (κ1) is 13.1. The van der Waals surface area contributed by atoms with E-state index in [1.54, 1.807) is 0 Å². The zero-order chi connectivity index (χ0) is 12.0. The number of hydrogen-bond donors (Lipinski definition) is 1. The molecule has 0 saturated heterocycles. The summed E-state index contributed by atoms with van der Waals surface area (Å²) in [6.07, 6.45) is 4.01. The van der Waals surface area contributed by atoms with E-state index in [0.29, 0.717) is 6.54 Å². The van der Waals surface area contributed by atoms with E-state index in [1.807, 2.05) is 63.3 Å². The second-order valence-electron chi connectivity index (χ2n) is 4.54. The smallest absolute Gasteiger partial charge is 0.0973 e. The zero-order valence-electron chi connectivity index (χ0n) is 10.1. The lowest BCUT2D eigenvalue weighted by molar-refractivity contribution is 0.639. The van der Waals surface area contributed by atoms with E-state index in [0.717, 1.165) is 5.56 Å². The van der Waals surface area contributed by atoms with Crippen LogP contribution in [0.15, 0.2) is 36.4 Å². The van der Waals surface area contributed by atoms with Crippen LogP contribution in [-0.4, -0.2) is 15.5 Å². The maximum atomic E-state index is 11.6. The molecule has 0 aliphatic carbocycles. The van der Waals surface area contributed by atoms with Gasteiger partial charge in [0.1, 0.15) is 0 Å². The van der Waals surface area contributed by atoms with E-state index >= 15 is 0 Å². The molecule has 0 spiro atoms. The predicted molar refractivity (Wildman–Crippen MR) is 71.4 cm³/mol. The molecule has 0 heterocycles. The van der Waals surface area contributed by atoms with Crippen LogP contribution in [0, 0.1) is 0 Å². The molecule has 1 rings (SSSR count). The lowest BCUT2D eigenvalue weighted by atomic mass is 10.2. The van der Waals surface area contributed by atoms with Gasteiger partial charge in [-0.05, 0) is 26.3 Å². The Bertz CT molecular complexity index is 365. The third kappa shape index (κ3) is 4.73. The van der Waals surface area contributed by atoms with Gasteiger partial charge in [0.2, 0.25) is 0 Å². The molecule has 0 aliphatic heterocycles. The van der Waals surface area contributed by atoms with Gasteiger partial charge in [-0.1, -0.05) is 42.5 Å². The molecule has 0 aromatic heterocycles. The Morgan fingerprint density at radius 3 is 2.44 bits per heavy atom. The fraction of sp³-hybridized carbons (Fsp3) is 0.385. The fourth-order valence-electron chi connectivity index (χ4n) is 1.10. The normalized spacial score (nSPS) is 14.2. The van der Waals surface area contributed by atoms with Crippen LogP contribution >= 0.6 is 0 Å². The van der Waals surface area contributed by atoms with E-state index in [1.165, 1.54) is 0 Å². The summed E-state index contributed by atoms with van der Waals surface area (Å²) in [5.41, 5.74) is 1.16. The quantitative estimate of drug-likeness (QED) is 0.857. The molecular formula is C13H19NOS. The largest absolute Gasteiger partial charge is 0.242 e. The number of benzene rings is 1. The van der Waals surface area contributed by atoms with Gasteiger partial charge in [-0.2, -0.15) is 0 Å². The highest BCUT2D eigenvalue weighted by Gasteiger charge is 2.17. The van der Waals surface area contributed by atoms with Crippen molar-refractivity contribution in [3.8, 4) is 0 Å². The molecule has 0 bridgehead atoms. The average Bonchev–Trinajstić information content (AvgIpc) is 2.24. The Labute approximate surface area is 100 Å². The zero-order valence-corrected chi connectivity index (χ0v) is 10.9. The van der Waals surface area contributed by atoms with Crippen molar-refractivity contribution in [1.29, 1.82) is 0 Å². The van der Waals surface area contributed by atoms with Gasteiger partial charge in [-0.15, -0.1) is 0 Å². The predicted octanol–water partition coefficient (Wildman–Crippen LogP) is 2.75. The highest BCUT2D eigenvalue weighted by Crippen LogP contribution is 2.08. The molecule has 3 heteroatoms. The molecular weight excluding hydrogens is 218 g/mol. The van der Waals surface area contributed by atoms with Crippen LogP contribution in [0.25, 0.3) is 6.08 Å². The van der Waals surface area contributed by atoms with Crippen LogP contribution in [-0.2, 0) is 11.0 Å². The van der Waals surface area contributed by atoms with Gasteiger partial charge in [-0.25, -0.2) is 8.93 Å². The number of rotatable bonds is 4. The highest BCUT2D eigenvalue weighted by molar-refractivity contribution is 7.84. The monoisotopic (exact) mass is 237 g/mol. The summed E-state index contributed by atoms with van der Waals surface area (Å²) < 4.78 is 14.4. The second kappa shape index (κ2) is 5.97. The maximum Gasteiger partial charge on any atom is 0.0973 e. The molecule has 1 atom stereocenters. The summed E-state index contributed by atoms with van der Waals surface area (Å²) in [6, 6.07) is 10.1. The first-order valence-corrected chi connectivity index (χ1v) is 6.52. The van der Waals surface area contributed by atoms with Crippen molar-refractivity contribution in [2.24, 2.45) is 0 Å². The molecule has 0 unspecified atom stereocenters. The van der Waals surface area contributed by atoms with E-state index in [-0.39, 0.29) is 4.75 Å². The maximum absolute atomic E-state index is 11.6. The molecule has 0 saturated carbocycles. The Balaban J connectivity index is 2.37. The lowest BCUT2D eigenvalue weighted by Gasteiger charge is -2.17. The summed E-state index contributed by atoms with van der Waals surface area (Å²) in [5, 5.41) is 0. The summed E-state index contributed by atoms with van der Waals surface area (Å²) in [7, 11) is -0.996. The molecule has 1 aromatic rings. The van der Waals surface area contributed by atoms with Crippen molar-refractivity contribution >= 4 is 17.1 Å². The molecule has 0 amide bonds. The molecule has 1 N–H and O–H groups in total. The third-order valence-electron chi connectivity index (χ3n) is 2.00. The van der Waals surface area contributed by atoms with Gasteiger partial charge >= 0.3 is 0 Å². The van der Waals surface area contributed by atoms with E-state index < -0.39 is 11.0 Å². The van der Waals surface area contributed by atoms with Gasteiger partial charge < -0.3 is 0 Å². The Morgan fingerprint density at radius 1 is 1.25 bits per heavy atom. The van der Waals surface area contributed by atoms with E-state index in [9.17, 15) is 4.21 Å². The fourth-order valence-corrected chi connectivity index (χ4v) is 1.78. The molecule has 0 radical (unpaired) electrons. The molecule has 0 aliphatic rings. The molecule has 2 nitrogen and oxygen atoms in total. The molecule has 16 heavy (non-hydrogen) atoms. The van der Waals surface area contributed by atoms with Gasteiger partial charge in [0.25, 0.3) is 0 Å². The van der Waals surface area contributed by atoms with Crippen molar-refractivity contribution in [3.05, 3.63) is 42.0 Å². The summed E-state index contributed by atoms with van der Waals surface area (Å²) in [5.74, 6) is 0. The minimum Gasteiger partial charge on any atom is -0.242 e. The Hall–Kier alpha value is -0.930. The average molecular weight is 237 g/mol. The van der Waals surface area contributed by atoms with E-state index in [4.69, 9.17) is 0 Å². The van der Waals surface area contributed by atoms with Gasteiger partial charge in [0, 0.05) is 6.54 Å². The van der Waals surface area contributed by atoms with Crippen molar-refractivity contribution in [2.75, 3.05) is 6.54 Å². The highest BCUT2D eigenvalue weighted by atomic mass is 32.2. The molecule has 88 valence electrons. The number of nitrogens with one attached hydrogen (secondary N) is 1. The van der Waals surface area contributed by atoms with Gasteiger partial charge in [0.15, 0.2) is 0 Å². The van der Waals surface area contributed by atoms with Crippen LogP contribution in [0.2, 0.25) is 0 Å². The first-order chi connectivity index (χ1) is 7.50. The SMILES string of the molecule is CC(C)(C)[S@](=O)NC/C=C/c1ccccc1. The van der Waals surface area contributed by atoms with Crippen LogP contribution in [0.5, 0.6) is 0 Å². The molecule has 0 fully saturated rings. The van der Waals surface area contributed by atoms with Gasteiger partial charge in [-0.3, -0.25) is 0 Å². The summed E-state index contributed by atoms with van der Waals surface area (Å²) in [4.78, 5) is 0. The van der Waals surface area contributed by atoms with Crippen LogP contribution in [0.4, 0.5) is 0 Å². The van der Waals surface area contributed by atoms with Crippen LogP contribution < -0.4 is 4.72 Å². The third-order valence-corrected chi connectivity index (χ3v) is 3.54. The topological polar surface area (TPSA) is 29.1 Å². The van der Waals surface area contributed by atoms with Crippen molar-refractivity contribution in [1.82, 2.24) is 4.72 Å². The van der Waals surface area contributed by atoms with E-state index in [2.05, 4.69) is 4.72 Å². The minimum atomic E-state index is -0.996. The Morgan fingerprint density at radius 2 is 1.88 bits per heavy atom. The van der Waals surface area contributed by atoms with Crippen LogP contribution in [0.1, 0.15) is 26.3 Å². The van der Waals surface area contributed by atoms with Crippen molar-refractivity contribution in [2.45, 2.75) is 25.5 Å². The van der Waals surface area contributed by atoms with Gasteiger partial charge in [0.05, 0.1) is 15.7 Å². The Kier molecular flexibility index (Phi) is 4.90. The minimum absolute atomic E-state index is 0.208. The van der Waals surface area contributed by atoms with Crippen LogP contribution in [0.3, 0.4) is 0 Å².